The Kier molecular flexibility index (Phi) is 6.28. The van der Waals surface area contributed by atoms with E-state index in [1.807, 2.05) is 36.9 Å². The van der Waals surface area contributed by atoms with E-state index >= 15 is 4.39 Å². The van der Waals surface area contributed by atoms with Gasteiger partial charge in [0, 0.05) is 47.4 Å². The fraction of sp³-hybridized carbons (Fsp3) is 0.571. The van der Waals surface area contributed by atoms with Crippen molar-refractivity contribution in [1.82, 2.24) is 9.88 Å². The summed E-state index contributed by atoms with van der Waals surface area (Å²) in [5.41, 5.74) is 1.35. The van der Waals surface area contributed by atoms with Gasteiger partial charge in [-0.05, 0) is 58.2 Å². The molecule has 0 N–H and O–H groups in total. The van der Waals surface area contributed by atoms with Gasteiger partial charge >= 0.3 is 0 Å². The van der Waals surface area contributed by atoms with Crippen LogP contribution in [0.5, 0.6) is 0 Å². The number of hydrogen-bond acceptors (Lipinski definition) is 4. The van der Waals surface area contributed by atoms with Gasteiger partial charge in [0.15, 0.2) is 10.9 Å². The van der Waals surface area contributed by atoms with Crippen molar-refractivity contribution in [3.63, 3.8) is 0 Å². The van der Waals surface area contributed by atoms with Crippen molar-refractivity contribution in [2.75, 3.05) is 26.3 Å². The van der Waals surface area contributed by atoms with Gasteiger partial charge in [0.2, 0.25) is 0 Å². The largest absolute Gasteiger partial charge is 0.381 e. The van der Waals surface area contributed by atoms with Crippen LogP contribution in [-0.4, -0.2) is 36.2 Å². The van der Waals surface area contributed by atoms with E-state index in [9.17, 15) is 4.39 Å². The van der Waals surface area contributed by atoms with E-state index in [1.165, 1.54) is 17.4 Å². The van der Waals surface area contributed by atoms with E-state index in [-0.39, 0.29) is 10.5 Å². The molecule has 1 aliphatic heterocycles. The summed E-state index contributed by atoms with van der Waals surface area (Å²) in [6.45, 7) is 8.04. The van der Waals surface area contributed by atoms with Crippen LogP contribution in [-0.2, 0) is 17.0 Å². The van der Waals surface area contributed by atoms with Crippen molar-refractivity contribution in [1.29, 1.82) is 0 Å². The van der Waals surface area contributed by atoms with Crippen LogP contribution in [0.3, 0.4) is 0 Å². The molecule has 3 nitrogen and oxygen atoms in total. The quantitative estimate of drug-likeness (QED) is 0.583. The average Bonchev–Trinajstić information content (AvgIpc) is 3.26. The molecule has 2 aromatic heterocycles. The highest BCUT2D eigenvalue weighted by Gasteiger charge is 2.45. The summed E-state index contributed by atoms with van der Waals surface area (Å²) in [6.07, 6.45) is 4.17. The molecule has 27 heavy (non-hydrogen) atoms. The van der Waals surface area contributed by atoms with Crippen molar-refractivity contribution in [2.24, 2.45) is 5.41 Å². The highest BCUT2D eigenvalue weighted by molar-refractivity contribution is 7.10. The van der Waals surface area contributed by atoms with E-state index in [4.69, 9.17) is 4.74 Å². The molecule has 1 aliphatic rings. The Labute approximate surface area is 164 Å². The Morgan fingerprint density at radius 1 is 1.33 bits per heavy atom. The van der Waals surface area contributed by atoms with Gasteiger partial charge in [-0.15, -0.1) is 11.3 Å². The number of hydrogen-bond donors (Lipinski definition) is 0. The predicted octanol–water partition coefficient (Wildman–Crippen LogP) is 5.09. The zero-order valence-corrected chi connectivity index (χ0v) is 17.1. The molecule has 0 spiro atoms. The molecule has 148 valence electrons. The summed E-state index contributed by atoms with van der Waals surface area (Å²) in [6, 6.07) is 7.03. The third-order valence-electron chi connectivity index (χ3n) is 5.61. The third kappa shape index (κ3) is 4.73. The zero-order valence-electron chi connectivity index (χ0n) is 16.3. The predicted molar refractivity (Wildman–Crippen MR) is 105 cm³/mol. The lowest BCUT2D eigenvalue weighted by Gasteiger charge is -2.34. The van der Waals surface area contributed by atoms with Gasteiger partial charge in [-0.1, -0.05) is 6.07 Å². The van der Waals surface area contributed by atoms with Gasteiger partial charge in [0.1, 0.15) is 0 Å². The number of alkyl halides is 1. The molecule has 0 bridgehead atoms. The molecule has 0 radical (unpaired) electrons. The van der Waals surface area contributed by atoms with Crippen molar-refractivity contribution >= 4 is 11.3 Å². The topological polar surface area (TPSA) is 25.4 Å². The Bertz CT molecular complexity index is 747. The first-order valence-electron chi connectivity index (χ1n) is 9.54. The minimum absolute atomic E-state index is 0.109. The second-order valence-electron chi connectivity index (χ2n) is 7.66. The van der Waals surface area contributed by atoms with Gasteiger partial charge in [-0.2, -0.15) is 4.39 Å². The molecule has 3 rings (SSSR count). The summed E-state index contributed by atoms with van der Waals surface area (Å²) >= 11 is 1.19. The molecule has 3 heterocycles. The van der Waals surface area contributed by atoms with Crippen LogP contribution in [0, 0.1) is 17.5 Å². The first-order valence-corrected chi connectivity index (χ1v) is 10.4. The van der Waals surface area contributed by atoms with Crippen molar-refractivity contribution in [3.05, 3.63) is 51.7 Å². The van der Waals surface area contributed by atoms with Crippen molar-refractivity contribution in [2.45, 2.75) is 45.8 Å². The summed E-state index contributed by atoms with van der Waals surface area (Å²) in [4.78, 5) is 7.19. The van der Waals surface area contributed by atoms with Crippen LogP contribution in [0.15, 0.2) is 30.5 Å². The molecular formula is C21H28F2N2OS. The van der Waals surface area contributed by atoms with E-state index in [1.54, 1.807) is 13.1 Å². The first-order chi connectivity index (χ1) is 12.8. The Morgan fingerprint density at radius 3 is 2.78 bits per heavy atom. The number of halogens is 2. The molecule has 1 fully saturated rings. The monoisotopic (exact) mass is 394 g/mol. The SMILES string of the molecule is CCOCC1(CCc2ccc(F)s2)CCN(C(C)(F)c2ccc(C)nc2)C1. The molecule has 6 heteroatoms. The summed E-state index contributed by atoms with van der Waals surface area (Å²) in [5, 5.41) is -0.153. The van der Waals surface area contributed by atoms with E-state index in [0.29, 0.717) is 31.9 Å². The van der Waals surface area contributed by atoms with Crippen LogP contribution >= 0.6 is 11.3 Å². The number of pyridine rings is 1. The lowest BCUT2D eigenvalue weighted by atomic mass is 9.83. The molecule has 0 aliphatic carbocycles. The van der Waals surface area contributed by atoms with Gasteiger partial charge in [-0.25, -0.2) is 4.39 Å². The van der Waals surface area contributed by atoms with E-state index in [0.717, 1.165) is 29.8 Å². The molecule has 0 aromatic carbocycles. The minimum atomic E-state index is -1.57. The zero-order chi connectivity index (χ0) is 19.5. The Morgan fingerprint density at radius 2 is 2.15 bits per heavy atom. The maximum atomic E-state index is 15.7. The molecule has 2 unspecified atom stereocenters. The van der Waals surface area contributed by atoms with Gasteiger partial charge < -0.3 is 4.74 Å². The van der Waals surface area contributed by atoms with Gasteiger partial charge in [-0.3, -0.25) is 9.88 Å². The normalized spacial score (nSPS) is 22.9. The number of likely N-dealkylation sites (tertiary alicyclic amines) is 1. The summed E-state index contributed by atoms with van der Waals surface area (Å²) < 4.78 is 34.7. The molecule has 2 atom stereocenters. The van der Waals surface area contributed by atoms with Gasteiger partial charge in [0.05, 0.1) is 6.61 Å². The van der Waals surface area contributed by atoms with Crippen LogP contribution in [0.1, 0.15) is 42.8 Å². The van der Waals surface area contributed by atoms with E-state index in [2.05, 4.69) is 4.98 Å². The molecule has 1 saturated heterocycles. The average molecular weight is 395 g/mol. The number of aromatic nitrogens is 1. The Hall–Kier alpha value is -1.37. The fourth-order valence-corrected chi connectivity index (χ4v) is 4.53. The van der Waals surface area contributed by atoms with Crippen LogP contribution < -0.4 is 0 Å². The summed E-state index contributed by atoms with van der Waals surface area (Å²) in [5.74, 6) is -1.57. The fourth-order valence-electron chi connectivity index (χ4n) is 3.80. The molecule has 0 amide bonds. The third-order valence-corrected chi connectivity index (χ3v) is 6.55. The number of ether oxygens (including phenoxy) is 1. The molecule has 2 aromatic rings. The number of rotatable bonds is 8. The van der Waals surface area contributed by atoms with E-state index < -0.39 is 5.79 Å². The lowest BCUT2D eigenvalue weighted by Crippen LogP contribution is -2.41. The standard InChI is InChI=1S/C21H28F2N2OS/c1-4-26-15-21(10-9-18-7-8-19(22)27-18)11-12-25(14-21)20(3,23)17-6-5-16(2)24-13-17/h5-8,13H,4,9-12,14-15H2,1-3H3. The van der Waals surface area contributed by atoms with Crippen LogP contribution in [0.4, 0.5) is 8.78 Å². The lowest BCUT2D eigenvalue weighted by molar-refractivity contribution is -0.0258. The minimum Gasteiger partial charge on any atom is -0.381 e. The highest BCUT2D eigenvalue weighted by atomic mass is 32.1. The molecular weight excluding hydrogens is 366 g/mol. The maximum absolute atomic E-state index is 15.7. The van der Waals surface area contributed by atoms with Crippen LogP contribution in [0.25, 0.3) is 0 Å². The van der Waals surface area contributed by atoms with Crippen molar-refractivity contribution in [3.8, 4) is 0 Å². The smallest absolute Gasteiger partial charge is 0.188 e. The Balaban J connectivity index is 1.73. The van der Waals surface area contributed by atoms with Crippen LogP contribution in [0.2, 0.25) is 0 Å². The van der Waals surface area contributed by atoms with Gasteiger partial charge in [0.25, 0.3) is 0 Å². The number of aryl methyl sites for hydroxylation is 2. The van der Waals surface area contributed by atoms with Crippen molar-refractivity contribution < 1.29 is 13.5 Å². The second kappa shape index (κ2) is 8.33. The first kappa shape index (κ1) is 20.4. The molecule has 0 saturated carbocycles. The number of thiophene rings is 1. The summed E-state index contributed by atoms with van der Waals surface area (Å²) in [7, 11) is 0. The number of nitrogens with zero attached hydrogens (tertiary/aromatic N) is 2. The second-order valence-corrected chi connectivity index (χ2v) is 8.77. The maximum Gasteiger partial charge on any atom is 0.188 e. The highest BCUT2D eigenvalue weighted by Crippen LogP contribution is 2.42.